The number of para-hydroxylation sites is 1. The Balaban J connectivity index is 1.76. The Morgan fingerprint density at radius 1 is 1.25 bits per heavy atom. The van der Waals surface area contributed by atoms with E-state index in [0.717, 1.165) is 18.2 Å². The van der Waals surface area contributed by atoms with Crippen LogP contribution in [-0.4, -0.2) is 21.5 Å². The molecule has 1 aromatic rings. The number of benzene rings is 1. The molecule has 0 aromatic heterocycles. The quantitative estimate of drug-likeness (QED) is 0.812. The molecule has 3 rings (SSSR count). The molecule has 0 aliphatic heterocycles. The number of hydrogen-bond acceptors (Lipinski definition) is 3. The molecule has 4 nitrogen and oxygen atoms in total. The van der Waals surface area contributed by atoms with Crippen LogP contribution in [0.3, 0.4) is 0 Å². The first kappa shape index (κ1) is 13.9. The normalized spacial score (nSPS) is 20.6. The average Bonchev–Trinajstić information content (AvgIpc) is 3.27. The van der Waals surface area contributed by atoms with Gasteiger partial charge in [0.2, 0.25) is 10.0 Å². The molecule has 0 amide bonds. The molecule has 0 radical (unpaired) electrons. The van der Waals surface area contributed by atoms with E-state index in [2.05, 4.69) is 10.0 Å². The Morgan fingerprint density at radius 3 is 2.55 bits per heavy atom. The number of rotatable bonds is 7. The lowest BCUT2D eigenvalue weighted by atomic mass is 10.0. The van der Waals surface area contributed by atoms with Crippen molar-refractivity contribution in [2.45, 2.75) is 37.5 Å². The van der Waals surface area contributed by atoms with Crippen molar-refractivity contribution in [3.63, 3.8) is 0 Å². The minimum absolute atomic E-state index is 0.355. The minimum atomic E-state index is -3.41. The minimum Gasteiger partial charge on any atom is -0.383 e. The van der Waals surface area contributed by atoms with Crippen molar-refractivity contribution in [2.75, 3.05) is 18.4 Å². The monoisotopic (exact) mass is 294 g/mol. The molecule has 0 atom stereocenters. The predicted octanol–water partition coefficient (Wildman–Crippen LogP) is 2.59. The van der Waals surface area contributed by atoms with Crippen molar-refractivity contribution in [1.29, 1.82) is 0 Å². The number of sulfonamides is 1. The largest absolute Gasteiger partial charge is 0.383 e. The summed E-state index contributed by atoms with van der Waals surface area (Å²) < 4.78 is 26.9. The molecular formula is C15H22N2O2S. The van der Waals surface area contributed by atoms with Gasteiger partial charge in [-0.3, -0.25) is 0 Å². The maximum absolute atomic E-state index is 12.2. The summed E-state index contributed by atoms with van der Waals surface area (Å²) in [4.78, 5) is 0.355. The molecule has 2 aliphatic rings. The van der Waals surface area contributed by atoms with Crippen LogP contribution in [0.5, 0.6) is 0 Å². The Labute approximate surface area is 121 Å². The molecule has 0 heterocycles. The SMILES string of the molecule is CCNS(=O)(=O)c1ccccc1NCC1(C2CC2)CC1. The van der Waals surface area contributed by atoms with E-state index in [1.54, 1.807) is 19.1 Å². The summed E-state index contributed by atoms with van der Waals surface area (Å²) >= 11 is 0. The van der Waals surface area contributed by atoms with Crippen LogP contribution in [0, 0.1) is 11.3 Å². The van der Waals surface area contributed by atoms with Crippen molar-refractivity contribution >= 4 is 15.7 Å². The van der Waals surface area contributed by atoms with E-state index < -0.39 is 10.0 Å². The number of hydrogen-bond donors (Lipinski definition) is 2. The molecule has 0 spiro atoms. The predicted molar refractivity (Wildman–Crippen MR) is 80.2 cm³/mol. The molecule has 20 heavy (non-hydrogen) atoms. The van der Waals surface area contributed by atoms with E-state index in [1.165, 1.54) is 25.7 Å². The van der Waals surface area contributed by atoms with E-state index in [4.69, 9.17) is 0 Å². The van der Waals surface area contributed by atoms with Crippen molar-refractivity contribution < 1.29 is 8.42 Å². The zero-order valence-electron chi connectivity index (χ0n) is 11.9. The molecule has 2 N–H and O–H groups in total. The summed E-state index contributed by atoms with van der Waals surface area (Å²) in [5.41, 5.74) is 1.18. The third kappa shape index (κ3) is 2.69. The van der Waals surface area contributed by atoms with Crippen LogP contribution in [0.4, 0.5) is 5.69 Å². The highest BCUT2D eigenvalue weighted by Gasteiger charge is 2.53. The van der Waals surface area contributed by atoms with Crippen LogP contribution >= 0.6 is 0 Å². The highest BCUT2D eigenvalue weighted by atomic mass is 32.2. The van der Waals surface area contributed by atoms with E-state index >= 15 is 0 Å². The van der Waals surface area contributed by atoms with E-state index in [0.29, 0.717) is 16.9 Å². The molecule has 2 saturated carbocycles. The molecule has 1 aromatic carbocycles. The van der Waals surface area contributed by atoms with Gasteiger partial charge < -0.3 is 5.32 Å². The first-order valence-corrected chi connectivity index (χ1v) is 8.88. The van der Waals surface area contributed by atoms with E-state index in [-0.39, 0.29) is 0 Å². The van der Waals surface area contributed by atoms with Gasteiger partial charge in [-0.05, 0) is 49.1 Å². The Morgan fingerprint density at radius 2 is 1.95 bits per heavy atom. The first-order chi connectivity index (χ1) is 9.57. The second kappa shape index (κ2) is 5.04. The third-order valence-electron chi connectivity index (χ3n) is 4.48. The Hall–Kier alpha value is -1.07. The summed E-state index contributed by atoms with van der Waals surface area (Å²) in [6.45, 7) is 3.10. The Bertz CT molecular complexity index is 590. The third-order valence-corrected chi connectivity index (χ3v) is 6.08. The fourth-order valence-electron chi connectivity index (χ4n) is 2.97. The van der Waals surface area contributed by atoms with Crippen molar-refractivity contribution in [2.24, 2.45) is 11.3 Å². The highest BCUT2D eigenvalue weighted by Crippen LogP contribution is 2.61. The Kier molecular flexibility index (Phi) is 3.50. The van der Waals surface area contributed by atoms with Gasteiger partial charge in [-0.25, -0.2) is 13.1 Å². The summed E-state index contributed by atoms with van der Waals surface area (Å²) in [7, 11) is -3.41. The molecule has 0 bridgehead atoms. The van der Waals surface area contributed by atoms with E-state index in [1.807, 2.05) is 12.1 Å². The number of nitrogens with one attached hydrogen (secondary N) is 2. The van der Waals surface area contributed by atoms with Crippen molar-refractivity contribution in [3.05, 3.63) is 24.3 Å². The maximum Gasteiger partial charge on any atom is 0.242 e. The van der Waals surface area contributed by atoms with Crippen LogP contribution in [0.1, 0.15) is 32.6 Å². The fraction of sp³-hybridized carbons (Fsp3) is 0.600. The average molecular weight is 294 g/mol. The van der Waals surface area contributed by atoms with Crippen LogP contribution in [0.2, 0.25) is 0 Å². The molecule has 0 unspecified atom stereocenters. The lowest BCUT2D eigenvalue weighted by Gasteiger charge is -2.18. The standard InChI is InChI=1S/C15H22N2O2S/c1-2-17-20(18,19)14-6-4-3-5-13(14)16-11-15(9-10-15)12-7-8-12/h3-6,12,16-17H,2,7-11H2,1H3. The van der Waals surface area contributed by atoms with E-state index in [9.17, 15) is 8.42 Å². The van der Waals surface area contributed by atoms with Gasteiger partial charge >= 0.3 is 0 Å². The van der Waals surface area contributed by atoms with Crippen molar-refractivity contribution in [3.8, 4) is 0 Å². The summed E-state index contributed by atoms with van der Waals surface area (Å²) in [6, 6.07) is 7.16. The van der Waals surface area contributed by atoms with Gasteiger partial charge in [-0.15, -0.1) is 0 Å². The second-order valence-electron chi connectivity index (χ2n) is 5.99. The van der Waals surface area contributed by atoms with Crippen LogP contribution < -0.4 is 10.0 Å². The number of anilines is 1. The molecule has 2 fully saturated rings. The van der Waals surface area contributed by atoms with Gasteiger partial charge in [-0.1, -0.05) is 19.1 Å². The molecule has 2 aliphatic carbocycles. The lowest BCUT2D eigenvalue weighted by molar-refractivity contribution is 0.466. The highest BCUT2D eigenvalue weighted by molar-refractivity contribution is 7.89. The van der Waals surface area contributed by atoms with Crippen LogP contribution in [0.25, 0.3) is 0 Å². The second-order valence-corrected chi connectivity index (χ2v) is 7.72. The van der Waals surface area contributed by atoms with Gasteiger partial charge in [0.05, 0.1) is 5.69 Å². The zero-order chi connectivity index (χ0) is 14.2. The van der Waals surface area contributed by atoms with Crippen LogP contribution in [-0.2, 0) is 10.0 Å². The van der Waals surface area contributed by atoms with Gasteiger partial charge in [-0.2, -0.15) is 0 Å². The van der Waals surface area contributed by atoms with Crippen LogP contribution in [0.15, 0.2) is 29.2 Å². The van der Waals surface area contributed by atoms with Gasteiger partial charge in [0.1, 0.15) is 4.90 Å². The van der Waals surface area contributed by atoms with Gasteiger partial charge in [0, 0.05) is 13.1 Å². The summed E-state index contributed by atoms with van der Waals surface area (Å²) in [5, 5.41) is 3.38. The smallest absolute Gasteiger partial charge is 0.242 e. The zero-order valence-corrected chi connectivity index (χ0v) is 12.7. The molecule has 5 heteroatoms. The molecule has 110 valence electrons. The molecular weight excluding hydrogens is 272 g/mol. The van der Waals surface area contributed by atoms with Gasteiger partial charge in [0.15, 0.2) is 0 Å². The van der Waals surface area contributed by atoms with Crippen molar-refractivity contribution in [1.82, 2.24) is 4.72 Å². The van der Waals surface area contributed by atoms with Gasteiger partial charge in [0.25, 0.3) is 0 Å². The first-order valence-electron chi connectivity index (χ1n) is 7.40. The fourth-order valence-corrected chi connectivity index (χ4v) is 4.19. The topological polar surface area (TPSA) is 58.2 Å². The summed E-state index contributed by atoms with van der Waals surface area (Å²) in [6.07, 6.45) is 5.26. The lowest BCUT2D eigenvalue weighted by Crippen LogP contribution is -2.25. The molecule has 0 saturated heterocycles. The maximum atomic E-state index is 12.2. The summed E-state index contributed by atoms with van der Waals surface area (Å²) in [5.74, 6) is 0.868.